The molecule has 1 aromatic heterocycles. The fourth-order valence-corrected chi connectivity index (χ4v) is 5.84. The highest BCUT2D eigenvalue weighted by Gasteiger charge is 2.35. The van der Waals surface area contributed by atoms with Gasteiger partial charge < -0.3 is 0 Å². The van der Waals surface area contributed by atoms with Gasteiger partial charge in [-0.2, -0.15) is 0 Å². The standard InChI is InChI=1S/C24H24N4O2S2/c1-2-21(29)27(18-13-14-18)23-25-26-24(32-23)31-15-22(30)28-19-9-5-3-7-16(19)11-12-17-8-4-6-10-20(17)28/h3-10,18H,2,11-15H2,1H3. The van der Waals surface area contributed by atoms with Crippen LogP contribution in [0.15, 0.2) is 52.9 Å². The molecule has 32 heavy (non-hydrogen) atoms. The van der Waals surface area contributed by atoms with Crippen LogP contribution in [0.3, 0.4) is 0 Å². The molecule has 0 bridgehead atoms. The topological polar surface area (TPSA) is 66.4 Å². The first-order chi connectivity index (χ1) is 15.7. The van der Waals surface area contributed by atoms with Crippen LogP contribution in [0.25, 0.3) is 0 Å². The van der Waals surface area contributed by atoms with E-state index in [9.17, 15) is 9.59 Å². The molecule has 6 nitrogen and oxygen atoms in total. The Morgan fingerprint density at radius 1 is 1.03 bits per heavy atom. The highest BCUT2D eigenvalue weighted by atomic mass is 32.2. The molecule has 0 atom stereocenters. The fourth-order valence-electron chi connectivity index (χ4n) is 4.06. The van der Waals surface area contributed by atoms with Gasteiger partial charge in [0.25, 0.3) is 0 Å². The van der Waals surface area contributed by atoms with Crippen molar-refractivity contribution in [3.63, 3.8) is 0 Å². The summed E-state index contributed by atoms with van der Waals surface area (Å²) < 4.78 is 0.708. The lowest BCUT2D eigenvalue weighted by Gasteiger charge is -2.24. The maximum atomic E-state index is 13.5. The van der Waals surface area contributed by atoms with Crippen LogP contribution in [0.4, 0.5) is 16.5 Å². The number of rotatable bonds is 6. The Balaban J connectivity index is 1.36. The lowest BCUT2D eigenvalue weighted by atomic mass is 10.0. The van der Waals surface area contributed by atoms with E-state index >= 15 is 0 Å². The molecule has 2 amide bonds. The first kappa shape index (κ1) is 21.2. The lowest BCUT2D eigenvalue weighted by molar-refractivity contribution is -0.118. The van der Waals surface area contributed by atoms with Crippen LogP contribution >= 0.6 is 23.1 Å². The van der Waals surface area contributed by atoms with Crippen molar-refractivity contribution in [1.82, 2.24) is 10.2 Å². The molecular weight excluding hydrogens is 440 g/mol. The zero-order chi connectivity index (χ0) is 22.1. The van der Waals surface area contributed by atoms with Gasteiger partial charge in [-0.05, 0) is 48.9 Å². The molecule has 0 saturated heterocycles. The predicted octanol–water partition coefficient (Wildman–Crippen LogP) is 5.00. The summed E-state index contributed by atoms with van der Waals surface area (Å²) in [6, 6.07) is 16.5. The van der Waals surface area contributed by atoms with Crippen molar-refractivity contribution in [1.29, 1.82) is 0 Å². The lowest BCUT2D eigenvalue weighted by Crippen LogP contribution is -2.32. The predicted molar refractivity (Wildman–Crippen MR) is 129 cm³/mol. The van der Waals surface area contributed by atoms with E-state index in [1.807, 2.05) is 48.2 Å². The molecule has 2 aromatic carbocycles. The second-order valence-electron chi connectivity index (χ2n) is 7.97. The summed E-state index contributed by atoms with van der Waals surface area (Å²) >= 11 is 2.78. The van der Waals surface area contributed by atoms with E-state index in [-0.39, 0.29) is 23.6 Å². The molecule has 1 aliphatic heterocycles. The summed E-state index contributed by atoms with van der Waals surface area (Å²) in [4.78, 5) is 29.4. The summed E-state index contributed by atoms with van der Waals surface area (Å²) in [5.41, 5.74) is 4.26. The quantitative estimate of drug-likeness (QED) is 0.379. The summed E-state index contributed by atoms with van der Waals surface area (Å²) in [5, 5.41) is 9.15. The summed E-state index contributed by atoms with van der Waals surface area (Å²) in [5.74, 6) is 0.342. The molecule has 0 N–H and O–H groups in total. The largest absolute Gasteiger partial charge is 0.284 e. The van der Waals surface area contributed by atoms with Crippen LogP contribution in [0.2, 0.25) is 0 Å². The number of thioether (sulfide) groups is 1. The van der Waals surface area contributed by atoms with E-state index in [1.165, 1.54) is 34.2 Å². The number of fused-ring (bicyclic) bond motifs is 2. The van der Waals surface area contributed by atoms with Gasteiger partial charge in [0.1, 0.15) is 0 Å². The van der Waals surface area contributed by atoms with Gasteiger partial charge in [0.15, 0.2) is 4.34 Å². The van der Waals surface area contributed by atoms with E-state index in [0.717, 1.165) is 37.1 Å². The summed E-state index contributed by atoms with van der Waals surface area (Å²) in [6.45, 7) is 1.87. The van der Waals surface area contributed by atoms with Crippen molar-refractivity contribution in [3.8, 4) is 0 Å². The van der Waals surface area contributed by atoms with Gasteiger partial charge in [-0.3, -0.25) is 19.4 Å². The monoisotopic (exact) mass is 464 g/mol. The summed E-state index contributed by atoms with van der Waals surface area (Å²) in [7, 11) is 0. The highest BCUT2D eigenvalue weighted by molar-refractivity contribution is 8.01. The fraction of sp³-hybridized carbons (Fsp3) is 0.333. The second-order valence-corrected chi connectivity index (χ2v) is 10.2. The molecule has 0 spiro atoms. The van der Waals surface area contributed by atoms with Crippen molar-refractivity contribution >= 4 is 51.4 Å². The van der Waals surface area contributed by atoms with E-state index in [4.69, 9.17) is 0 Å². The van der Waals surface area contributed by atoms with Gasteiger partial charge in [-0.1, -0.05) is 66.4 Å². The number of hydrogen-bond donors (Lipinski definition) is 0. The molecule has 0 unspecified atom stereocenters. The van der Waals surface area contributed by atoms with Crippen LogP contribution in [0.5, 0.6) is 0 Å². The number of anilines is 3. The number of para-hydroxylation sites is 2. The zero-order valence-electron chi connectivity index (χ0n) is 17.9. The number of amides is 2. The van der Waals surface area contributed by atoms with E-state index < -0.39 is 0 Å². The molecule has 1 saturated carbocycles. The van der Waals surface area contributed by atoms with Crippen molar-refractivity contribution in [2.75, 3.05) is 15.6 Å². The van der Waals surface area contributed by atoms with Gasteiger partial charge in [0.2, 0.25) is 16.9 Å². The number of carbonyl (C=O) groups is 2. The highest BCUT2D eigenvalue weighted by Crippen LogP contribution is 2.38. The van der Waals surface area contributed by atoms with Crippen LogP contribution in [-0.4, -0.2) is 33.8 Å². The van der Waals surface area contributed by atoms with Gasteiger partial charge in [-0.25, -0.2) is 0 Å². The normalized spacial score (nSPS) is 15.0. The van der Waals surface area contributed by atoms with E-state index in [0.29, 0.717) is 15.9 Å². The maximum absolute atomic E-state index is 13.5. The number of hydrogen-bond acceptors (Lipinski definition) is 6. The van der Waals surface area contributed by atoms with Crippen molar-refractivity contribution in [2.45, 2.75) is 49.4 Å². The number of aryl methyl sites for hydroxylation is 2. The van der Waals surface area contributed by atoms with Gasteiger partial charge >= 0.3 is 0 Å². The first-order valence-corrected chi connectivity index (χ1v) is 12.7. The first-order valence-electron chi connectivity index (χ1n) is 10.9. The average Bonchev–Trinajstić information content (AvgIpc) is 3.57. The Hall–Kier alpha value is -2.71. The molecule has 164 valence electrons. The van der Waals surface area contributed by atoms with Gasteiger partial charge in [0, 0.05) is 12.5 Å². The molecule has 0 radical (unpaired) electrons. The average molecular weight is 465 g/mol. The Kier molecular flexibility index (Phi) is 5.97. The maximum Gasteiger partial charge on any atom is 0.242 e. The van der Waals surface area contributed by atoms with Gasteiger partial charge in [0.05, 0.1) is 17.1 Å². The van der Waals surface area contributed by atoms with Gasteiger partial charge in [-0.15, -0.1) is 10.2 Å². The molecule has 5 rings (SSSR count). The molecule has 8 heteroatoms. The number of benzene rings is 2. The number of carbonyl (C=O) groups excluding carboxylic acids is 2. The Morgan fingerprint density at radius 3 is 2.25 bits per heavy atom. The van der Waals surface area contributed by atoms with Crippen molar-refractivity contribution in [2.24, 2.45) is 0 Å². The minimum Gasteiger partial charge on any atom is -0.284 e. The Morgan fingerprint density at radius 2 is 1.66 bits per heavy atom. The molecule has 3 aromatic rings. The number of nitrogens with zero attached hydrogens (tertiary/aromatic N) is 4. The Labute approximate surface area is 195 Å². The molecule has 2 heterocycles. The van der Waals surface area contributed by atoms with Crippen molar-refractivity contribution in [3.05, 3.63) is 59.7 Å². The molecular formula is C24H24N4O2S2. The summed E-state index contributed by atoms with van der Waals surface area (Å²) in [6.07, 6.45) is 4.30. The minimum atomic E-state index is 0.0113. The number of aromatic nitrogens is 2. The van der Waals surface area contributed by atoms with Crippen LogP contribution < -0.4 is 9.80 Å². The SMILES string of the molecule is CCC(=O)N(c1nnc(SCC(=O)N2c3ccccc3CCc3ccccc32)s1)C1CC1. The smallest absolute Gasteiger partial charge is 0.242 e. The van der Waals surface area contributed by atoms with E-state index in [2.05, 4.69) is 22.3 Å². The zero-order valence-corrected chi connectivity index (χ0v) is 19.5. The van der Waals surface area contributed by atoms with Crippen LogP contribution in [-0.2, 0) is 22.4 Å². The molecule has 2 aliphatic rings. The second kappa shape index (κ2) is 9.03. The third kappa shape index (κ3) is 4.17. The van der Waals surface area contributed by atoms with Crippen molar-refractivity contribution < 1.29 is 9.59 Å². The molecule has 1 fully saturated rings. The third-order valence-electron chi connectivity index (χ3n) is 5.78. The molecule has 1 aliphatic carbocycles. The van der Waals surface area contributed by atoms with Crippen LogP contribution in [0, 0.1) is 0 Å². The third-order valence-corrected chi connectivity index (χ3v) is 7.82. The minimum absolute atomic E-state index is 0.0113. The van der Waals surface area contributed by atoms with E-state index in [1.54, 1.807) is 4.90 Å². The Bertz CT molecular complexity index is 1110. The van der Waals surface area contributed by atoms with Crippen LogP contribution in [0.1, 0.15) is 37.3 Å².